The normalized spacial score (nSPS) is 17.4. The first-order chi connectivity index (χ1) is 9.70. The SMILES string of the molecule is Cc1cnc(C)c(N2CC(CCN)c3ccccc32)n1. The monoisotopic (exact) mass is 268 g/mol. The van der Waals surface area contributed by atoms with Crippen LogP contribution in [0.3, 0.4) is 0 Å². The molecule has 1 aromatic heterocycles. The Morgan fingerprint density at radius 2 is 2.10 bits per heavy atom. The number of fused-ring (bicyclic) bond motifs is 1. The molecule has 1 aromatic carbocycles. The molecule has 0 fully saturated rings. The number of para-hydroxylation sites is 1. The molecule has 0 bridgehead atoms. The van der Waals surface area contributed by atoms with Crippen molar-refractivity contribution in [3.8, 4) is 0 Å². The molecule has 4 heteroatoms. The minimum atomic E-state index is 0.484. The molecule has 0 radical (unpaired) electrons. The van der Waals surface area contributed by atoms with Crippen molar-refractivity contribution in [3.63, 3.8) is 0 Å². The highest BCUT2D eigenvalue weighted by Gasteiger charge is 2.30. The number of aryl methyl sites for hydroxylation is 2. The summed E-state index contributed by atoms with van der Waals surface area (Å²) in [5.41, 5.74) is 10.3. The molecule has 2 N–H and O–H groups in total. The topological polar surface area (TPSA) is 55.0 Å². The summed E-state index contributed by atoms with van der Waals surface area (Å²) in [6.45, 7) is 5.65. The van der Waals surface area contributed by atoms with E-state index in [0.29, 0.717) is 12.5 Å². The van der Waals surface area contributed by atoms with E-state index >= 15 is 0 Å². The Morgan fingerprint density at radius 1 is 1.30 bits per heavy atom. The molecule has 0 spiro atoms. The van der Waals surface area contributed by atoms with Crippen LogP contribution in [-0.2, 0) is 0 Å². The lowest BCUT2D eigenvalue weighted by molar-refractivity contribution is 0.666. The highest BCUT2D eigenvalue weighted by atomic mass is 15.2. The zero-order chi connectivity index (χ0) is 14.1. The Kier molecular flexibility index (Phi) is 3.40. The van der Waals surface area contributed by atoms with Gasteiger partial charge in [-0.15, -0.1) is 0 Å². The molecule has 4 nitrogen and oxygen atoms in total. The number of nitrogens with zero attached hydrogens (tertiary/aromatic N) is 3. The van der Waals surface area contributed by atoms with E-state index in [4.69, 9.17) is 5.73 Å². The average molecular weight is 268 g/mol. The highest BCUT2D eigenvalue weighted by Crippen LogP contribution is 2.41. The largest absolute Gasteiger partial charge is 0.330 e. The molecule has 1 unspecified atom stereocenters. The number of aromatic nitrogens is 2. The smallest absolute Gasteiger partial charge is 0.154 e. The van der Waals surface area contributed by atoms with E-state index in [1.165, 1.54) is 11.3 Å². The van der Waals surface area contributed by atoms with Crippen LogP contribution in [0.25, 0.3) is 0 Å². The lowest BCUT2D eigenvalue weighted by Gasteiger charge is -2.20. The molecule has 1 atom stereocenters. The predicted octanol–water partition coefficient (Wildman–Crippen LogP) is 2.68. The number of nitrogens with two attached hydrogens (primary N) is 1. The molecule has 3 rings (SSSR count). The molecule has 0 saturated carbocycles. The summed E-state index contributed by atoms with van der Waals surface area (Å²) in [5, 5.41) is 0. The summed E-state index contributed by atoms with van der Waals surface area (Å²) in [4.78, 5) is 11.4. The molecule has 1 aliphatic heterocycles. The Balaban J connectivity index is 2.05. The van der Waals surface area contributed by atoms with Crippen LogP contribution in [0.4, 0.5) is 11.5 Å². The second kappa shape index (κ2) is 5.21. The van der Waals surface area contributed by atoms with E-state index in [-0.39, 0.29) is 0 Å². The molecule has 2 heterocycles. The Morgan fingerprint density at radius 3 is 2.90 bits per heavy atom. The standard InChI is InChI=1S/C16H20N4/c1-11-9-18-12(2)16(19-11)20-10-13(7-8-17)14-5-3-4-6-15(14)20/h3-6,9,13H,7-8,10,17H2,1-2H3. The fourth-order valence-corrected chi connectivity index (χ4v) is 2.92. The summed E-state index contributed by atoms with van der Waals surface area (Å²) < 4.78 is 0. The van der Waals surface area contributed by atoms with Crippen LogP contribution in [0.2, 0.25) is 0 Å². The maximum absolute atomic E-state index is 5.76. The van der Waals surface area contributed by atoms with E-state index < -0.39 is 0 Å². The van der Waals surface area contributed by atoms with Crippen molar-refractivity contribution in [1.82, 2.24) is 9.97 Å². The van der Waals surface area contributed by atoms with Crippen LogP contribution in [-0.4, -0.2) is 23.1 Å². The maximum atomic E-state index is 5.76. The van der Waals surface area contributed by atoms with Gasteiger partial charge in [0, 0.05) is 24.3 Å². The van der Waals surface area contributed by atoms with Gasteiger partial charge in [-0.2, -0.15) is 0 Å². The molecule has 1 aliphatic rings. The summed E-state index contributed by atoms with van der Waals surface area (Å²) >= 11 is 0. The van der Waals surface area contributed by atoms with Crippen LogP contribution in [0.1, 0.15) is 29.3 Å². The first-order valence-electron chi connectivity index (χ1n) is 7.07. The number of hydrogen-bond acceptors (Lipinski definition) is 4. The summed E-state index contributed by atoms with van der Waals surface area (Å²) in [6.07, 6.45) is 2.82. The quantitative estimate of drug-likeness (QED) is 0.930. The first-order valence-corrected chi connectivity index (χ1v) is 7.07. The van der Waals surface area contributed by atoms with Crippen molar-refractivity contribution < 1.29 is 0 Å². The highest BCUT2D eigenvalue weighted by molar-refractivity contribution is 5.70. The van der Waals surface area contributed by atoms with E-state index in [2.05, 4.69) is 39.1 Å². The summed E-state index contributed by atoms with van der Waals surface area (Å²) in [6, 6.07) is 8.54. The van der Waals surface area contributed by atoms with Crippen LogP contribution in [0.15, 0.2) is 30.5 Å². The van der Waals surface area contributed by atoms with E-state index in [1.807, 2.05) is 20.0 Å². The zero-order valence-electron chi connectivity index (χ0n) is 12.0. The third-order valence-electron chi connectivity index (χ3n) is 3.89. The van der Waals surface area contributed by atoms with Gasteiger partial charge in [-0.25, -0.2) is 4.98 Å². The third-order valence-corrected chi connectivity index (χ3v) is 3.89. The van der Waals surface area contributed by atoms with Crippen molar-refractivity contribution in [2.24, 2.45) is 5.73 Å². The average Bonchev–Trinajstić information content (AvgIpc) is 2.81. The van der Waals surface area contributed by atoms with Gasteiger partial charge in [0.1, 0.15) is 0 Å². The molecular formula is C16H20N4. The van der Waals surface area contributed by atoms with Gasteiger partial charge in [0.2, 0.25) is 0 Å². The second-order valence-electron chi connectivity index (χ2n) is 5.36. The maximum Gasteiger partial charge on any atom is 0.154 e. The number of rotatable bonds is 3. The summed E-state index contributed by atoms with van der Waals surface area (Å²) in [5.74, 6) is 1.45. The van der Waals surface area contributed by atoms with Crippen LogP contribution < -0.4 is 10.6 Å². The predicted molar refractivity (Wildman–Crippen MR) is 81.4 cm³/mol. The van der Waals surface area contributed by atoms with Crippen molar-refractivity contribution in [2.75, 3.05) is 18.0 Å². The van der Waals surface area contributed by atoms with Gasteiger partial charge in [-0.05, 0) is 38.4 Å². The Labute approximate surface area is 119 Å². The van der Waals surface area contributed by atoms with Gasteiger partial charge < -0.3 is 10.6 Å². The Bertz CT molecular complexity index is 624. The molecule has 0 aliphatic carbocycles. The minimum Gasteiger partial charge on any atom is -0.330 e. The second-order valence-corrected chi connectivity index (χ2v) is 5.36. The van der Waals surface area contributed by atoms with Crippen molar-refractivity contribution in [1.29, 1.82) is 0 Å². The van der Waals surface area contributed by atoms with Gasteiger partial charge in [0.05, 0.1) is 11.4 Å². The molecule has 20 heavy (non-hydrogen) atoms. The molecular weight excluding hydrogens is 248 g/mol. The fourth-order valence-electron chi connectivity index (χ4n) is 2.92. The van der Waals surface area contributed by atoms with E-state index in [9.17, 15) is 0 Å². The van der Waals surface area contributed by atoms with E-state index in [1.54, 1.807) is 0 Å². The van der Waals surface area contributed by atoms with Crippen LogP contribution >= 0.6 is 0 Å². The van der Waals surface area contributed by atoms with Crippen molar-refractivity contribution in [3.05, 3.63) is 47.4 Å². The van der Waals surface area contributed by atoms with Crippen LogP contribution in [0.5, 0.6) is 0 Å². The molecule has 0 amide bonds. The molecule has 2 aromatic rings. The van der Waals surface area contributed by atoms with Gasteiger partial charge >= 0.3 is 0 Å². The van der Waals surface area contributed by atoms with Gasteiger partial charge in [0.25, 0.3) is 0 Å². The van der Waals surface area contributed by atoms with Crippen molar-refractivity contribution >= 4 is 11.5 Å². The number of anilines is 2. The van der Waals surface area contributed by atoms with Crippen molar-refractivity contribution in [2.45, 2.75) is 26.2 Å². The van der Waals surface area contributed by atoms with Crippen LogP contribution in [0, 0.1) is 13.8 Å². The van der Waals surface area contributed by atoms with Gasteiger partial charge in [-0.3, -0.25) is 4.98 Å². The van der Waals surface area contributed by atoms with Gasteiger partial charge in [0.15, 0.2) is 5.82 Å². The Hall–Kier alpha value is -1.94. The number of benzene rings is 1. The third kappa shape index (κ3) is 2.16. The first kappa shape index (κ1) is 13.1. The zero-order valence-corrected chi connectivity index (χ0v) is 12.0. The van der Waals surface area contributed by atoms with Gasteiger partial charge in [-0.1, -0.05) is 18.2 Å². The molecule has 0 saturated heterocycles. The number of hydrogen-bond donors (Lipinski definition) is 1. The lowest BCUT2D eigenvalue weighted by Crippen LogP contribution is -2.20. The minimum absolute atomic E-state index is 0.484. The summed E-state index contributed by atoms with van der Waals surface area (Å²) in [7, 11) is 0. The molecule has 104 valence electrons. The van der Waals surface area contributed by atoms with E-state index in [0.717, 1.165) is 30.2 Å². The lowest BCUT2D eigenvalue weighted by atomic mass is 9.98. The fraction of sp³-hybridized carbons (Fsp3) is 0.375.